The number of rotatable bonds is 76. The average molecular weight is 1330 g/mol. The topological polar surface area (TPSA) is 108 Å². The third-order valence-corrected chi connectivity index (χ3v) is 18.1. The summed E-state index contributed by atoms with van der Waals surface area (Å²) >= 11 is 0. The van der Waals surface area contributed by atoms with Crippen LogP contribution < -0.4 is 0 Å². The highest BCUT2D eigenvalue weighted by Crippen LogP contribution is 2.19. The Morgan fingerprint density at radius 1 is 0.326 bits per heavy atom. The number of hydrogen-bond donors (Lipinski definition) is 1. The number of carboxylic acids is 1. The van der Waals surface area contributed by atoms with Crippen LogP contribution in [-0.2, 0) is 33.3 Å². The van der Waals surface area contributed by atoms with Gasteiger partial charge in [-0.05, 0) is 89.9 Å². The standard InChI is InChI=1S/C86H155NO8/c1-6-8-10-12-14-16-18-20-22-24-26-28-30-32-34-36-37-38-39-40-41-42-43-44-45-46-47-49-51-53-55-57-59-61-63-65-67-69-71-73-75-77-84(89)95-82(81-94-86(85(90)91)92-79-78-87(3,4)5)80-93-83(88)76-74-72-70-68-66-64-62-60-58-56-54-52-50-48-35-33-31-29-27-25-23-21-19-17-15-13-11-9-7-2/h8,10,14,16,20,22,25-28,32,34,37-38,82,86H,6-7,9,11-13,15,17-19,21,23-24,29-31,33,35-36,39-81H2,1-5H3/p+1/b10-8-,16-14-,22-20-,27-25-,28-26-,34-32-,38-37-. The Labute approximate surface area is 589 Å². The van der Waals surface area contributed by atoms with Gasteiger partial charge in [-0.3, -0.25) is 9.59 Å². The molecule has 0 saturated heterocycles. The maximum Gasteiger partial charge on any atom is 0.361 e. The number of quaternary nitrogens is 1. The van der Waals surface area contributed by atoms with E-state index in [0.29, 0.717) is 17.4 Å². The fourth-order valence-electron chi connectivity index (χ4n) is 12.0. The van der Waals surface area contributed by atoms with E-state index in [9.17, 15) is 19.5 Å². The normalized spacial score (nSPS) is 13.1. The molecule has 552 valence electrons. The Bertz CT molecular complexity index is 1840. The van der Waals surface area contributed by atoms with Gasteiger partial charge in [-0.1, -0.05) is 369 Å². The second-order valence-corrected chi connectivity index (χ2v) is 28.7. The van der Waals surface area contributed by atoms with E-state index in [0.717, 1.165) is 77.0 Å². The highest BCUT2D eigenvalue weighted by atomic mass is 16.7. The van der Waals surface area contributed by atoms with Crippen molar-refractivity contribution >= 4 is 17.9 Å². The molecule has 0 fully saturated rings. The molecule has 0 rings (SSSR count). The van der Waals surface area contributed by atoms with E-state index in [2.05, 4.69) is 98.9 Å². The van der Waals surface area contributed by atoms with Crippen LogP contribution in [0.4, 0.5) is 0 Å². The van der Waals surface area contributed by atoms with Gasteiger partial charge >= 0.3 is 17.9 Å². The summed E-state index contributed by atoms with van der Waals surface area (Å²) in [6.07, 6.45) is 102. The number of carbonyl (C=O) groups is 3. The van der Waals surface area contributed by atoms with Gasteiger partial charge in [0.1, 0.15) is 13.2 Å². The maximum atomic E-state index is 13.0. The lowest BCUT2D eigenvalue weighted by Gasteiger charge is -2.25. The van der Waals surface area contributed by atoms with Gasteiger partial charge in [-0.15, -0.1) is 0 Å². The minimum Gasteiger partial charge on any atom is -0.477 e. The van der Waals surface area contributed by atoms with E-state index in [4.69, 9.17) is 18.9 Å². The summed E-state index contributed by atoms with van der Waals surface area (Å²) in [6.45, 7) is 4.82. The van der Waals surface area contributed by atoms with Crippen LogP contribution in [0.3, 0.4) is 0 Å². The molecule has 9 heteroatoms. The number of likely N-dealkylation sites (N-methyl/N-ethyl adjacent to an activating group) is 1. The lowest BCUT2D eigenvalue weighted by atomic mass is 10.0. The zero-order valence-corrected chi connectivity index (χ0v) is 63.3. The summed E-state index contributed by atoms with van der Waals surface area (Å²) in [5.41, 5.74) is 0. The Morgan fingerprint density at radius 2 is 0.600 bits per heavy atom. The zero-order chi connectivity index (χ0) is 69.0. The fraction of sp³-hybridized carbons (Fsp3) is 0.802. The number of hydrogen-bond acceptors (Lipinski definition) is 7. The molecule has 0 saturated carbocycles. The lowest BCUT2D eigenvalue weighted by Crippen LogP contribution is -2.40. The van der Waals surface area contributed by atoms with E-state index < -0.39 is 18.4 Å². The second kappa shape index (κ2) is 76.2. The van der Waals surface area contributed by atoms with E-state index in [1.807, 2.05) is 21.1 Å². The number of ether oxygens (including phenoxy) is 4. The van der Waals surface area contributed by atoms with Crippen molar-refractivity contribution in [1.29, 1.82) is 0 Å². The molecule has 0 radical (unpaired) electrons. The first kappa shape index (κ1) is 91.5. The molecule has 0 amide bonds. The number of esters is 2. The van der Waals surface area contributed by atoms with Gasteiger partial charge in [0, 0.05) is 12.8 Å². The number of allylic oxidation sites excluding steroid dienone is 14. The molecule has 0 aromatic carbocycles. The van der Waals surface area contributed by atoms with Crippen LogP contribution in [0.1, 0.15) is 386 Å². The van der Waals surface area contributed by atoms with Crippen molar-refractivity contribution in [2.75, 3.05) is 47.5 Å². The molecule has 0 aliphatic rings. The monoisotopic (exact) mass is 1330 g/mol. The molecule has 2 atom stereocenters. The van der Waals surface area contributed by atoms with Crippen molar-refractivity contribution in [3.63, 3.8) is 0 Å². The molecular formula is C86H156NO8+. The maximum absolute atomic E-state index is 13.0. The smallest absolute Gasteiger partial charge is 0.361 e. The Balaban J connectivity index is 3.97. The molecule has 0 heterocycles. The Kier molecular flexibility index (Phi) is 73.4. The first-order chi connectivity index (χ1) is 46.6. The van der Waals surface area contributed by atoms with Crippen LogP contribution in [0.25, 0.3) is 0 Å². The molecule has 9 nitrogen and oxygen atoms in total. The quantitative estimate of drug-likeness (QED) is 0.0211. The van der Waals surface area contributed by atoms with Crippen LogP contribution in [0, 0.1) is 0 Å². The van der Waals surface area contributed by atoms with Crippen LogP contribution in [0.5, 0.6) is 0 Å². The zero-order valence-electron chi connectivity index (χ0n) is 63.3. The molecule has 1 N–H and O–H groups in total. The van der Waals surface area contributed by atoms with Crippen molar-refractivity contribution < 1.29 is 42.9 Å². The average Bonchev–Trinajstić information content (AvgIpc) is 3.54. The molecule has 0 bridgehead atoms. The summed E-state index contributed by atoms with van der Waals surface area (Å²) in [7, 11) is 6.00. The Hall–Kier alpha value is -3.53. The third kappa shape index (κ3) is 77.7. The molecule has 95 heavy (non-hydrogen) atoms. The lowest BCUT2D eigenvalue weighted by molar-refractivity contribution is -0.870. The third-order valence-electron chi connectivity index (χ3n) is 18.1. The second-order valence-electron chi connectivity index (χ2n) is 28.7. The molecule has 0 aliphatic heterocycles. The predicted molar refractivity (Wildman–Crippen MR) is 410 cm³/mol. The summed E-state index contributed by atoms with van der Waals surface area (Å²) in [4.78, 5) is 37.7. The summed E-state index contributed by atoms with van der Waals surface area (Å²) in [5, 5.41) is 9.78. The molecular weight excluding hydrogens is 1170 g/mol. The molecule has 0 aliphatic carbocycles. The predicted octanol–water partition coefficient (Wildman–Crippen LogP) is 26.2. The van der Waals surface area contributed by atoms with Gasteiger partial charge in [-0.25, -0.2) is 4.79 Å². The summed E-state index contributed by atoms with van der Waals surface area (Å²) < 4.78 is 23.1. The first-order valence-electron chi connectivity index (χ1n) is 40.8. The number of carbonyl (C=O) groups excluding carboxylic acids is 2. The van der Waals surface area contributed by atoms with Crippen molar-refractivity contribution in [1.82, 2.24) is 0 Å². The minimum atomic E-state index is -1.51. The molecule has 0 aromatic rings. The van der Waals surface area contributed by atoms with Crippen LogP contribution in [0.2, 0.25) is 0 Å². The molecule has 2 unspecified atom stereocenters. The van der Waals surface area contributed by atoms with E-state index >= 15 is 0 Å². The van der Waals surface area contributed by atoms with Gasteiger partial charge in [0.25, 0.3) is 6.29 Å². The van der Waals surface area contributed by atoms with Crippen LogP contribution >= 0.6 is 0 Å². The van der Waals surface area contributed by atoms with Crippen molar-refractivity contribution in [3.8, 4) is 0 Å². The van der Waals surface area contributed by atoms with Gasteiger partial charge in [-0.2, -0.15) is 0 Å². The van der Waals surface area contributed by atoms with Crippen LogP contribution in [0.15, 0.2) is 85.1 Å². The van der Waals surface area contributed by atoms with E-state index in [1.54, 1.807) is 0 Å². The number of unbranched alkanes of at least 4 members (excludes halogenated alkanes) is 47. The van der Waals surface area contributed by atoms with Crippen LogP contribution in [-0.4, -0.2) is 87.4 Å². The van der Waals surface area contributed by atoms with Gasteiger partial charge in [0.15, 0.2) is 6.10 Å². The van der Waals surface area contributed by atoms with Gasteiger partial charge in [0.05, 0.1) is 34.4 Å². The van der Waals surface area contributed by atoms with Crippen molar-refractivity contribution in [3.05, 3.63) is 85.1 Å². The SMILES string of the molecule is CC/C=C\C/C=C\C/C=C\C/C=C\C/C=C\C/C=C\CCCCCCCCCCCCCCCCCCCCCCCCC(=O)OC(COC(=O)CCCCCCCCCCCCCCCCCCC/C=C\CCCCCCCCCC)COC(OCC[N+](C)(C)C)C(=O)O. The first-order valence-corrected chi connectivity index (χ1v) is 40.8. The number of nitrogens with zero attached hydrogens (tertiary/aromatic N) is 1. The van der Waals surface area contributed by atoms with E-state index in [-0.39, 0.29) is 38.2 Å². The summed E-state index contributed by atoms with van der Waals surface area (Å²) in [6, 6.07) is 0. The van der Waals surface area contributed by atoms with E-state index in [1.165, 1.54) is 283 Å². The van der Waals surface area contributed by atoms with Crippen molar-refractivity contribution in [2.24, 2.45) is 0 Å². The Morgan fingerprint density at radius 3 is 0.905 bits per heavy atom. The molecule has 0 spiro atoms. The van der Waals surface area contributed by atoms with Gasteiger partial charge in [0.2, 0.25) is 0 Å². The number of carboxylic acid groups (broad SMARTS) is 1. The highest BCUT2D eigenvalue weighted by molar-refractivity contribution is 5.71. The largest absolute Gasteiger partial charge is 0.477 e. The van der Waals surface area contributed by atoms with Crippen molar-refractivity contribution in [2.45, 2.75) is 399 Å². The highest BCUT2D eigenvalue weighted by Gasteiger charge is 2.25. The summed E-state index contributed by atoms with van der Waals surface area (Å²) in [5.74, 6) is -1.98. The number of aliphatic carboxylic acids is 1. The fourth-order valence-corrected chi connectivity index (χ4v) is 12.0. The minimum absolute atomic E-state index is 0.178. The van der Waals surface area contributed by atoms with Gasteiger partial charge < -0.3 is 28.5 Å². The molecule has 0 aromatic heterocycles.